The second-order valence-electron chi connectivity index (χ2n) is 6.79. The average molecular weight is 358 g/mol. The van der Waals surface area contributed by atoms with Crippen molar-refractivity contribution in [2.75, 3.05) is 0 Å². The maximum absolute atomic E-state index is 5.78. The van der Waals surface area contributed by atoms with Crippen LogP contribution in [0.25, 0.3) is 0 Å². The normalized spacial score (nSPS) is 25.0. The van der Waals surface area contributed by atoms with E-state index in [0.717, 1.165) is 10.8 Å². The number of nitrogens with one attached hydrogen (secondary N) is 1. The van der Waals surface area contributed by atoms with E-state index in [9.17, 15) is 0 Å². The van der Waals surface area contributed by atoms with E-state index in [-0.39, 0.29) is 12.1 Å². The van der Waals surface area contributed by atoms with Gasteiger partial charge in [0.15, 0.2) is 5.11 Å². The van der Waals surface area contributed by atoms with E-state index in [1.54, 1.807) is 0 Å². The SMILES string of the molecule is Cc1ccsc1[C@H]1[C@@H](c2ccccn2)NC(=S)N1C1CCCCC1. The summed E-state index contributed by atoms with van der Waals surface area (Å²) in [5.41, 5.74) is 2.44. The number of hydrogen-bond donors (Lipinski definition) is 1. The Morgan fingerprint density at radius 2 is 2.04 bits per heavy atom. The molecule has 0 aromatic carbocycles. The summed E-state index contributed by atoms with van der Waals surface area (Å²) >= 11 is 7.63. The van der Waals surface area contributed by atoms with E-state index >= 15 is 0 Å². The van der Waals surface area contributed by atoms with Crippen LogP contribution in [0.3, 0.4) is 0 Å². The Balaban J connectivity index is 1.75. The molecule has 1 aliphatic carbocycles. The molecule has 1 saturated heterocycles. The summed E-state index contributed by atoms with van der Waals surface area (Å²) in [5.74, 6) is 0. The van der Waals surface area contributed by atoms with E-state index in [2.05, 4.69) is 45.7 Å². The van der Waals surface area contributed by atoms with Crippen LogP contribution in [0.15, 0.2) is 35.8 Å². The lowest BCUT2D eigenvalue weighted by atomic mass is 9.92. The first-order chi connectivity index (χ1) is 11.8. The number of thiocarbonyl (C=S) groups is 1. The number of hydrogen-bond acceptors (Lipinski definition) is 3. The fourth-order valence-corrected chi connectivity index (χ4v) is 5.54. The summed E-state index contributed by atoms with van der Waals surface area (Å²) in [6, 6.07) is 9.32. The molecule has 3 nitrogen and oxygen atoms in total. The number of rotatable bonds is 3. The van der Waals surface area contributed by atoms with Crippen LogP contribution < -0.4 is 5.32 Å². The van der Waals surface area contributed by atoms with Crippen LogP contribution in [0.1, 0.15) is 60.3 Å². The van der Waals surface area contributed by atoms with Gasteiger partial charge in [-0.15, -0.1) is 11.3 Å². The standard InChI is InChI=1S/C19H23N3S2/c1-13-10-12-24-18(13)17-16(15-9-5-6-11-20-15)21-19(23)22(17)14-7-3-2-4-8-14/h5-6,9-12,14,16-17H,2-4,7-8H2,1H3,(H,21,23)/t16-,17-/m1/s1. The third kappa shape index (κ3) is 2.84. The Hall–Kier alpha value is -1.46. The molecule has 0 unspecified atom stereocenters. The highest BCUT2D eigenvalue weighted by Crippen LogP contribution is 2.44. The molecule has 2 atom stereocenters. The zero-order chi connectivity index (χ0) is 16.5. The summed E-state index contributed by atoms with van der Waals surface area (Å²) in [6.45, 7) is 2.21. The highest BCUT2D eigenvalue weighted by atomic mass is 32.1. The van der Waals surface area contributed by atoms with Crippen molar-refractivity contribution >= 4 is 28.7 Å². The minimum Gasteiger partial charge on any atom is -0.352 e. The van der Waals surface area contributed by atoms with Gasteiger partial charge in [-0.2, -0.15) is 0 Å². The Morgan fingerprint density at radius 1 is 1.21 bits per heavy atom. The van der Waals surface area contributed by atoms with Crippen molar-refractivity contribution in [3.63, 3.8) is 0 Å². The molecule has 1 N–H and O–H groups in total. The number of aromatic nitrogens is 1. The molecule has 5 heteroatoms. The van der Waals surface area contributed by atoms with Gasteiger partial charge in [-0.25, -0.2) is 0 Å². The van der Waals surface area contributed by atoms with Crippen LogP contribution in [-0.4, -0.2) is 21.0 Å². The van der Waals surface area contributed by atoms with Gasteiger partial charge in [-0.3, -0.25) is 4.98 Å². The van der Waals surface area contributed by atoms with E-state index in [4.69, 9.17) is 12.2 Å². The van der Waals surface area contributed by atoms with Crippen molar-refractivity contribution < 1.29 is 0 Å². The van der Waals surface area contributed by atoms with Crippen LogP contribution in [-0.2, 0) is 0 Å². The van der Waals surface area contributed by atoms with Crippen molar-refractivity contribution in [2.45, 2.75) is 57.2 Å². The molecule has 2 aromatic heterocycles. The van der Waals surface area contributed by atoms with Gasteiger partial charge in [0.2, 0.25) is 0 Å². The first-order valence-electron chi connectivity index (χ1n) is 8.79. The summed E-state index contributed by atoms with van der Waals surface area (Å²) in [6.07, 6.45) is 8.36. The van der Waals surface area contributed by atoms with Gasteiger partial charge in [0.1, 0.15) is 0 Å². The van der Waals surface area contributed by atoms with Crippen molar-refractivity contribution in [1.29, 1.82) is 0 Å². The summed E-state index contributed by atoms with van der Waals surface area (Å²) in [4.78, 5) is 8.53. The number of pyridine rings is 1. The average Bonchev–Trinajstić information content (AvgIpc) is 3.19. The van der Waals surface area contributed by atoms with E-state index in [1.807, 2.05) is 23.6 Å². The van der Waals surface area contributed by atoms with Crippen molar-refractivity contribution in [3.8, 4) is 0 Å². The molecule has 1 aliphatic heterocycles. The van der Waals surface area contributed by atoms with Crippen LogP contribution in [0, 0.1) is 6.92 Å². The van der Waals surface area contributed by atoms with Crippen molar-refractivity contribution in [3.05, 3.63) is 52.0 Å². The molecule has 0 spiro atoms. The van der Waals surface area contributed by atoms with Crippen LogP contribution >= 0.6 is 23.6 Å². The lowest BCUT2D eigenvalue weighted by Gasteiger charge is -2.37. The van der Waals surface area contributed by atoms with Crippen LogP contribution in [0.5, 0.6) is 0 Å². The highest BCUT2D eigenvalue weighted by Gasteiger charge is 2.44. The Labute approximate surface area is 153 Å². The fourth-order valence-electron chi connectivity index (χ4n) is 4.09. The molecule has 0 bridgehead atoms. The summed E-state index contributed by atoms with van der Waals surface area (Å²) in [5, 5.41) is 6.68. The quantitative estimate of drug-likeness (QED) is 0.802. The van der Waals surface area contributed by atoms with Crippen molar-refractivity contribution in [1.82, 2.24) is 15.2 Å². The fraction of sp³-hybridized carbons (Fsp3) is 0.474. The van der Waals surface area contributed by atoms with Crippen LogP contribution in [0.4, 0.5) is 0 Å². The Bertz CT molecular complexity index is 706. The molecule has 1 saturated carbocycles. The highest BCUT2D eigenvalue weighted by molar-refractivity contribution is 7.80. The molecule has 0 amide bonds. The predicted octanol–water partition coefficient (Wildman–Crippen LogP) is 4.76. The van der Waals surface area contributed by atoms with E-state index in [0.29, 0.717) is 6.04 Å². The molecule has 24 heavy (non-hydrogen) atoms. The molecule has 2 aromatic rings. The number of aryl methyl sites for hydroxylation is 1. The molecule has 2 aliphatic rings. The van der Waals surface area contributed by atoms with Gasteiger partial charge < -0.3 is 10.2 Å². The van der Waals surface area contributed by atoms with Crippen molar-refractivity contribution in [2.24, 2.45) is 0 Å². The van der Waals surface area contributed by atoms with E-state index < -0.39 is 0 Å². The third-order valence-electron chi connectivity index (χ3n) is 5.27. The lowest BCUT2D eigenvalue weighted by Crippen LogP contribution is -2.40. The zero-order valence-electron chi connectivity index (χ0n) is 13.9. The first kappa shape index (κ1) is 16.0. The van der Waals surface area contributed by atoms with Gasteiger partial charge in [-0.05, 0) is 61.1 Å². The maximum Gasteiger partial charge on any atom is 0.170 e. The maximum atomic E-state index is 5.78. The zero-order valence-corrected chi connectivity index (χ0v) is 15.6. The predicted molar refractivity (Wildman–Crippen MR) is 103 cm³/mol. The minimum absolute atomic E-state index is 0.137. The molecule has 3 heterocycles. The van der Waals surface area contributed by atoms with Gasteiger partial charge in [-0.1, -0.05) is 25.3 Å². The molecule has 0 radical (unpaired) electrons. The Morgan fingerprint density at radius 3 is 2.71 bits per heavy atom. The molecule has 2 fully saturated rings. The molecular weight excluding hydrogens is 334 g/mol. The summed E-state index contributed by atoms with van der Waals surface area (Å²) < 4.78 is 0. The second-order valence-corrected chi connectivity index (χ2v) is 8.13. The first-order valence-corrected chi connectivity index (χ1v) is 10.1. The molecular formula is C19H23N3S2. The Kier molecular flexibility index (Phi) is 4.55. The summed E-state index contributed by atoms with van der Waals surface area (Å²) in [7, 11) is 0. The number of nitrogens with zero attached hydrogens (tertiary/aromatic N) is 2. The van der Waals surface area contributed by atoms with Gasteiger partial charge in [0.25, 0.3) is 0 Å². The van der Waals surface area contributed by atoms with Gasteiger partial charge in [0.05, 0.1) is 17.8 Å². The topological polar surface area (TPSA) is 28.2 Å². The van der Waals surface area contributed by atoms with E-state index in [1.165, 1.54) is 42.5 Å². The van der Waals surface area contributed by atoms with Crippen LogP contribution in [0.2, 0.25) is 0 Å². The minimum atomic E-state index is 0.137. The van der Waals surface area contributed by atoms with Gasteiger partial charge in [0, 0.05) is 17.1 Å². The number of thiophene rings is 1. The second kappa shape index (κ2) is 6.81. The van der Waals surface area contributed by atoms with Gasteiger partial charge >= 0.3 is 0 Å². The largest absolute Gasteiger partial charge is 0.352 e. The smallest absolute Gasteiger partial charge is 0.170 e. The molecule has 4 rings (SSSR count). The lowest BCUT2D eigenvalue weighted by molar-refractivity contribution is 0.199. The monoisotopic (exact) mass is 357 g/mol. The molecule has 126 valence electrons. The third-order valence-corrected chi connectivity index (χ3v) is 6.69.